The number of nitro benzene ring substituents is 1. The first-order valence-corrected chi connectivity index (χ1v) is 11.1. The summed E-state index contributed by atoms with van der Waals surface area (Å²) in [7, 11) is 1.77. The standard InChI is InChI=1S/C22H33N5O3/c1-23-22(24-14-3-2-5-16-8-12-20(13-9-16)27(29)30)26-19-7-4-6-17(15-19)21(28)25-18-10-11-18/h8-9,12-13,17-19H,2-7,10-11,14-15H2,1H3,(H,25,28)(H2,23,24,26). The molecule has 1 aromatic carbocycles. The van der Waals surface area contributed by atoms with E-state index in [-0.39, 0.29) is 28.5 Å². The Morgan fingerprint density at radius 1 is 1.10 bits per heavy atom. The van der Waals surface area contributed by atoms with Gasteiger partial charge in [-0.05, 0) is 56.9 Å². The minimum absolute atomic E-state index is 0.108. The number of benzene rings is 1. The number of guanidine groups is 1. The van der Waals surface area contributed by atoms with Crippen LogP contribution in [0.2, 0.25) is 0 Å². The quantitative estimate of drug-likeness (QED) is 0.189. The van der Waals surface area contributed by atoms with Gasteiger partial charge in [-0.1, -0.05) is 18.6 Å². The van der Waals surface area contributed by atoms with E-state index >= 15 is 0 Å². The molecule has 0 aromatic heterocycles. The number of carbonyl (C=O) groups is 1. The van der Waals surface area contributed by atoms with Gasteiger partial charge in [-0.25, -0.2) is 0 Å². The Morgan fingerprint density at radius 2 is 1.87 bits per heavy atom. The second-order valence-corrected chi connectivity index (χ2v) is 8.37. The molecule has 0 heterocycles. The molecule has 30 heavy (non-hydrogen) atoms. The highest BCUT2D eigenvalue weighted by atomic mass is 16.6. The third-order valence-corrected chi connectivity index (χ3v) is 5.87. The van der Waals surface area contributed by atoms with Gasteiger partial charge < -0.3 is 16.0 Å². The van der Waals surface area contributed by atoms with Crippen LogP contribution in [0.25, 0.3) is 0 Å². The first-order chi connectivity index (χ1) is 14.5. The zero-order valence-corrected chi connectivity index (χ0v) is 17.7. The summed E-state index contributed by atoms with van der Waals surface area (Å²) in [5.41, 5.74) is 1.24. The zero-order chi connectivity index (χ0) is 21.3. The van der Waals surface area contributed by atoms with Gasteiger partial charge in [0.05, 0.1) is 4.92 Å². The highest BCUT2D eigenvalue weighted by Crippen LogP contribution is 2.26. The fraction of sp³-hybridized carbons (Fsp3) is 0.636. The number of hydrogen-bond acceptors (Lipinski definition) is 4. The maximum Gasteiger partial charge on any atom is 0.269 e. The Kier molecular flexibility index (Phi) is 8.04. The third-order valence-electron chi connectivity index (χ3n) is 5.87. The molecule has 2 aliphatic carbocycles. The molecule has 3 N–H and O–H groups in total. The van der Waals surface area contributed by atoms with E-state index in [9.17, 15) is 14.9 Å². The van der Waals surface area contributed by atoms with Crippen LogP contribution in [0.1, 0.15) is 56.9 Å². The SMILES string of the molecule is CN=C(NCCCCc1ccc([N+](=O)[O-])cc1)NC1CCCC(C(=O)NC2CC2)C1. The summed E-state index contributed by atoms with van der Waals surface area (Å²) >= 11 is 0. The fourth-order valence-corrected chi connectivity index (χ4v) is 3.94. The summed E-state index contributed by atoms with van der Waals surface area (Å²) in [5.74, 6) is 1.12. The van der Waals surface area contributed by atoms with Gasteiger partial charge >= 0.3 is 0 Å². The van der Waals surface area contributed by atoms with Crippen molar-refractivity contribution < 1.29 is 9.72 Å². The topological polar surface area (TPSA) is 109 Å². The van der Waals surface area contributed by atoms with Crippen LogP contribution in [0, 0.1) is 16.0 Å². The van der Waals surface area contributed by atoms with Gasteiger partial charge in [0.15, 0.2) is 5.96 Å². The van der Waals surface area contributed by atoms with E-state index in [0.29, 0.717) is 6.04 Å². The average Bonchev–Trinajstić information content (AvgIpc) is 3.57. The lowest BCUT2D eigenvalue weighted by molar-refractivity contribution is -0.384. The Bertz CT molecular complexity index is 746. The van der Waals surface area contributed by atoms with Crippen molar-refractivity contribution in [3.8, 4) is 0 Å². The number of aliphatic imine (C=N–C) groups is 1. The van der Waals surface area contributed by atoms with Gasteiger partial charge in [0.2, 0.25) is 5.91 Å². The molecule has 0 bridgehead atoms. The molecule has 0 saturated heterocycles. The number of nitro groups is 1. The fourth-order valence-electron chi connectivity index (χ4n) is 3.94. The Balaban J connectivity index is 1.33. The lowest BCUT2D eigenvalue weighted by atomic mass is 9.85. The first-order valence-electron chi connectivity index (χ1n) is 11.1. The summed E-state index contributed by atoms with van der Waals surface area (Å²) in [5, 5.41) is 20.7. The van der Waals surface area contributed by atoms with E-state index in [1.54, 1.807) is 19.2 Å². The second kappa shape index (κ2) is 10.9. The lowest BCUT2D eigenvalue weighted by Gasteiger charge is -2.30. The molecule has 2 unspecified atom stereocenters. The van der Waals surface area contributed by atoms with Gasteiger partial charge in [0.25, 0.3) is 5.69 Å². The van der Waals surface area contributed by atoms with Gasteiger partial charge in [-0.3, -0.25) is 19.9 Å². The highest BCUT2D eigenvalue weighted by Gasteiger charge is 2.31. The average molecular weight is 416 g/mol. The Morgan fingerprint density at radius 3 is 2.53 bits per heavy atom. The predicted octanol–water partition coefficient (Wildman–Crippen LogP) is 2.92. The van der Waals surface area contributed by atoms with Crippen LogP contribution in [0.5, 0.6) is 0 Å². The van der Waals surface area contributed by atoms with E-state index in [2.05, 4.69) is 20.9 Å². The summed E-state index contributed by atoms with van der Waals surface area (Å²) < 4.78 is 0. The molecule has 3 rings (SSSR count). The summed E-state index contributed by atoms with van der Waals surface area (Å²) in [6.07, 6.45) is 9.09. The van der Waals surface area contributed by atoms with Crippen LogP contribution in [0.4, 0.5) is 5.69 Å². The number of aryl methyl sites for hydroxylation is 1. The monoisotopic (exact) mass is 415 g/mol. The van der Waals surface area contributed by atoms with E-state index in [0.717, 1.165) is 75.9 Å². The van der Waals surface area contributed by atoms with Crippen molar-refractivity contribution in [3.63, 3.8) is 0 Å². The number of amides is 1. The molecule has 2 aliphatic rings. The molecule has 0 radical (unpaired) electrons. The summed E-state index contributed by atoms with van der Waals surface area (Å²) in [4.78, 5) is 27.0. The number of carbonyl (C=O) groups excluding carboxylic acids is 1. The van der Waals surface area contributed by atoms with Crippen LogP contribution in [0.15, 0.2) is 29.3 Å². The molecule has 0 aliphatic heterocycles. The molecular formula is C22H33N5O3. The van der Waals surface area contributed by atoms with Crippen LogP contribution in [-0.4, -0.2) is 42.5 Å². The minimum atomic E-state index is -0.375. The van der Waals surface area contributed by atoms with Gasteiger partial charge in [0, 0.05) is 43.7 Å². The number of rotatable bonds is 9. The van der Waals surface area contributed by atoms with Crippen LogP contribution < -0.4 is 16.0 Å². The smallest absolute Gasteiger partial charge is 0.269 e. The van der Waals surface area contributed by atoms with E-state index in [4.69, 9.17) is 0 Å². The molecule has 164 valence electrons. The first kappa shape index (κ1) is 22.1. The Hall–Kier alpha value is -2.64. The largest absolute Gasteiger partial charge is 0.356 e. The molecule has 2 fully saturated rings. The van der Waals surface area contributed by atoms with Crippen molar-refractivity contribution in [2.45, 2.75) is 69.9 Å². The summed E-state index contributed by atoms with van der Waals surface area (Å²) in [6.45, 7) is 0.810. The van der Waals surface area contributed by atoms with Crippen LogP contribution in [-0.2, 0) is 11.2 Å². The normalized spacial score (nSPS) is 21.7. The predicted molar refractivity (Wildman–Crippen MR) is 117 cm³/mol. The number of non-ortho nitro benzene ring substituents is 1. The maximum atomic E-state index is 12.3. The highest BCUT2D eigenvalue weighted by molar-refractivity contribution is 5.81. The number of nitrogens with one attached hydrogen (secondary N) is 3. The van der Waals surface area contributed by atoms with Gasteiger partial charge in [0.1, 0.15) is 0 Å². The molecule has 8 nitrogen and oxygen atoms in total. The van der Waals surface area contributed by atoms with Crippen molar-refractivity contribution in [1.29, 1.82) is 0 Å². The Labute approximate surface area is 178 Å². The van der Waals surface area contributed by atoms with Crippen LogP contribution >= 0.6 is 0 Å². The third kappa shape index (κ3) is 7.00. The van der Waals surface area contributed by atoms with E-state index < -0.39 is 0 Å². The van der Waals surface area contributed by atoms with Crippen molar-refractivity contribution in [2.24, 2.45) is 10.9 Å². The molecule has 8 heteroatoms. The molecule has 0 spiro atoms. The summed E-state index contributed by atoms with van der Waals surface area (Å²) in [6, 6.07) is 7.46. The van der Waals surface area contributed by atoms with Crippen molar-refractivity contribution in [3.05, 3.63) is 39.9 Å². The molecule has 1 amide bonds. The molecule has 2 saturated carbocycles. The lowest BCUT2D eigenvalue weighted by Crippen LogP contribution is -2.47. The molecular weight excluding hydrogens is 382 g/mol. The van der Waals surface area contributed by atoms with E-state index in [1.807, 2.05) is 12.1 Å². The van der Waals surface area contributed by atoms with Gasteiger partial charge in [-0.15, -0.1) is 0 Å². The van der Waals surface area contributed by atoms with Crippen molar-refractivity contribution in [1.82, 2.24) is 16.0 Å². The van der Waals surface area contributed by atoms with Crippen LogP contribution in [0.3, 0.4) is 0 Å². The van der Waals surface area contributed by atoms with E-state index in [1.165, 1.54) is 0 Å². The number of unbranched alkanes of at least 4 members (excludes halogenated alkanes) is 1. The number of hydrogen-bond donors (Lipinski definition) is 3. The molecule has 2 atom stereocenters. The minimum Gasteiger partial charge on any atom is -0.356 e. The zero-order valence-electron chi connectivity index (χ0n) is 17.7. The van der Waals surface area contributed by atoms with Crippen molar-refractivity contribution in [2.75, 3.05) is 13.6 Å². The van der Waals surface area contributed by atoms with Gasteiger partial charge in [-0.2, -0.15) is 0 Å². The maximum absolute atomic E-state index is 12.3. The number of nitrogens with zero attached hydrogens (tertiary/aromatic N) is 2. The second-order valence-electron chi connectivity index (χ2n) is 8.37. The van der Waals surface area contributed by atoms with Crippen molar-refractivity contribution >= 4 is 17.6 Å². The molecule has 1 aromatic rings.